The van der Waals surface area contributed by atoms with E-state index < -0.39 is 0 Å². The van der Waals surface area contributed by atoms with Crippen molar-refractivity contribution in [2.24, 2.45) is 0 Å². The first-order valence-corrected chi connectivity index (χ1v) is 6.56. The molecule has 1 N–H and O–H groups in total. The number of rotatable bonds is 2. The molecule has 0 saturated carbocycles. The van der Waals surface area contributed by atoms with E-state index in [2.05, 4.69) is 23.5 Å². The number of hydrogen-bond donors (Lipinski definition) is 1. The minimum Gasteiger partial charge on any atom is -0.338 e. The zero-order chi connectivity index (χ0) is 13.1. The highest BCUT2D eigenvalue weighted by Crippen LogP contribution is 2.31. The zero-order valence-electron chi connectivity index (χ0n) is 10.7. The number of urea groups is 1. The van der Waals surface area contributed by atoms with Gasteiger partial charge >= 0.3 is 6.03 Å². The van der Waals surface area contributed by atoms with E-state index in [9.17, 15) is 4.79 Å². The van der Waals surface area contributed by atoms with E-state index in [-0.39, 0.29) is 6.03 Å². The maximum absolute atomic E-state index is 12.0. The molecule has 1 saturated heterocycles. The number of carbonyl (C=O) groups is 1. The summed E-state index contributed by atoms with van der Waals surface area (Å²) in [6, 6.07) is 18.2. The molecule has 0 aromatic heterocycles. The van der Waals surface area contributed by atoms with Crippen molar-refractivity contribution in [2.75, 3.05) is 18.0 Å². The van der Waals surface area contributed by atoms with Crippen LogP contribution in [-0.4, -0.2) is 19.1 Å². The van der Waals surface area contributed by atoms with E-state index in [0.717, 1.165) is 36.3 Å². The van der Waals surface area contributed by atoms with Crippen LogP contribution in [-0.2, 0) is 0 Å². The second-order valence-electron chi connectivity index (χ2n) is 4.62. The van der Waals surface area contributed by atoms with Gasteiger partial charge in [0.1, 0.15) is 0 Å². The molecule has 0 radical (unpaired) electrons. The van der Waals surface area contributed by atoms with E-state index in [4.69, 9.17) is 0 Å². The SMILES string of the molecule is O=C1NCCCN1c1ccccc1-c1ccccc1. The molecule has 3 nitrogen and oxygen atoms in total. The van der Waals surface area contributed by atoms with Gasteiger partial charge in [-0.1, -0.05) is 48.5 Å². The van der Waals surface area contributed by atoms with Crippen LogP contribution in [0.4, 0.5) is 10.5 Å². The molecule has 3 rings (SSSR count). The third-order valence-corrected chi connectivity index (χ3v) is 3.36. The van der Waals surface area contributed by atoms with Crippen molar-refractivity contribution in [3.8, 4) is 11.1 Å². The Kier molecular flexibility index (Phi) is 3.19. The van der Waals surface area contributed by atoms with E-state index >= 15 is 0 Å². The van der Waals surface area contributed by atoms with Crippen molar-refractivity contribution in [1.82, 2.24) is 5.32 Å². The van der Waals surface area contributed by atoms with Crippen molar-refractivity contribution in [3.05, 3.63) is 54.6 Å². The topological polar surface area (TPSA) is 32.3 Å². The summed E-state index contributed by atoms with van der Waals surface area (Å²) in [7, 11) is 0. The van der Waals surface area contributed by atoms with Crippen molar-refractivity contribution >= 4 is 11.7 Å². The summed E-state index contributed by atoms with van der Waals surface area (Å²) in [6.07, 6.45) is 0.981. The monoisotopic (exact) mass is 252 g/mol. The number of para-hydroxylation sites is 1. The maximum Gasteiger partial charge on any atom is 0.321 e. The van der Waals surface area contributed by atoms with Gasteiger partial charge in [0.05, 0.1) is 5.69 Å². The standard InChI is InChI=1S/C16H16N2O/c19-16-17-11-6-12-18(16)15-10-5-4-9-14(15)13-7-2-1-3-8-13/h1-5,7-10H,6,11-12H2,(H,17,19). The second-order valence-corrected chi connectivity index (χ2v) is 4.62. The zero-order valence-corrected chi connectivity index (χ0v) is 10.7. The van der Waals surface area contributed by atoms with Gasteiger partial charge in [0.25, 0.3) is 0 Å². The van der Waals surface area contributed by atoms with Crippen LogP contribution in [0.2, 0.25) is 0 Å². The predicted octanol–water partition coefficient (Wildman–Crippen LogP) is 3.27. The van der Waals surface area contributed by atoms with Crippen LogP contribution in [0.15, 0.2) is 54.6 Å². The van der Waals surface area contributed by atoms with Gasteiger partial charge < -0.3 is 5.32 Å². The van der Waals surface area contributed by atoms with Crippen LogP contribution in [0.1, 0.15) is 6.42 Å². The fourth-order valence-electron chi connectivity index (χ4n) is 2.43. The first-order chi connectivity index (χ1) is 9.36. The smallest absolute Gasteiger partial charge is 0.321 e. The molecule has 0 atom stereocenters. The first-order valence-electron chi connectivity index (χ1n) is 6.56. The van der Waals surface area contributed by atoms with Crippen LogP contribution < -0.4 is 10.2 Å². The first kappa shape index (κ1) is 11.8. The van der Waals surface area contributed by atoms with Crippen LogP contribution >= 0.6 is 0 Å². The molecule has 1 aliphatic heterocycles. The number of amides is 2. The summed E-state index contributed by atoms with van der Waals surface area (Å²) < 4.78 is 0. The van der Waals surface area contributed by atoms with Gasteiger partial charge in [-0.25, -0.2) is 4.79 Å². The molecule has 0 bridgehead atoms. The molecule has 1 heterocycles. The lowest BCUT2D eigenvalue weighted by molar-refractivity contribution is 0.243. The Morgan fingerprint density at radius 1 is 0.947 bits per heavy atom. The molecule has 1 fully saturated rings. The molecule has 0 unspecified atom stereocenters. The normalized spacial score (nSPS) is 15.2. The maximum atomic E-state index is 12.0. The third-order valence-electron chi connectivity index (χ3n) is 3.36. The summed E-state index contributed by atoms with van der Waals surface area (Å²) in [5.74, 6) is 0. The number of nitrogens with one attached hydrogen (secondary N) is 1. The van der Waals surface area contributed by atoms with Gasteiger partial charge in [0.2, 0.25) is 0 Å². The average molecular weight is 252 g/mol. The van der Waals surface area contributed by atoms with E-state index in [0.29, 0.717) is 0 Å². The highest BCUT2D eigenvalue weighted by atomic mass is 16.2. The van der Waals surface area contributed by atoms with Crippen molar-refractivity contribution < 1.29 is 4.79 Å². The Morgan fingerprint density at radius 3 is 2.47 bits per heavy atom. The number of hydrogen-bond acceptors (Lipinski definition) is 1. The van der Waals surface area contributed by atoms with Crippen LogP contribution in [0.25, 0.3) is 11.1 Å². The third kappa shape index (κ3) is 2.32. The number of carbonyl (C=O) groups excluding carboxylic acids is 1. The van der Waals surface area contributed by atoms with Crippen molar-refractivity contribution in [2.45, 2.75) is 6.42 Å². The number of anilines is 1. The number of nitrogens with zero attached hydrogens (tertiary/aromatic N) is 1. The molecular weight excluding hydrogens is 236 g/mol. The molecule has 19 heavy (non-hydrogen) atoms. The molecular formula is C16H16N2O. The van der Waals surface area contributed by atoms with Crippen molar-refractivity contribution in [3.63, 3.8) is 0 Å². The highest BCUT2D eigenvalue weighted by molar-refractivity contribution is 5.97. The van der Waals surface area contributed by atoms with Gasteiger partial charge in [-0.3, -0.25) is 4.90 Å². The van der Waals surface area contributed by atoms with E-state index in [1.807, 2.05) is 41.3 Å². The molecule has 0 spiro atoms. The molecule has 1 aliphatic rings. The lowest BCUT2D eigenvalue weighted by Gasteiger charge is -2.29. The Morgan fingerprint density at radius 2 is 1.68 bits per heavy atom. The Balaban J connectivity index is 2.04. The van der Waals surface area contributed by atoms with Crippen molar-refractivity contribution in [1.29, 1.82) is 0 Å². The molecule has 96 valence electrons. The largest absolute Gasteiger partial charge is 0.338 e. The summed E-state index contributed by atoms with van der Waals surface area (Å²) in [5.41, 5.74) is 3.21. The molecule has 2 aromatic carbocycles. The van der Waals surface area contributed by atoms with Gasteiger partial charge in [0, 0.05) is 18.7 Å². The van der Waals surface area contributed by atoms with Gasteiger partial charge in [-0.2, -0.15) is 0 Å². The minimum absolute atomic E-state index is 0.00497. The molecule has 2 amide bonds. The molecule has 0 aliphatic carbocycles. The quantitative estimate of drug-likeness (QED) is 0.874. The molecule has 3 heteroatoms. The lowest BCUT2D eigenvalue weighted by Crippen LogP contribution is -2.46. The average Bonchev–Trinajstić information content (AvgIpc) is 2.49. The predicted molar refractivity (Wildman–Crippen MR) is 77.2 cm³/mol. The second kappa shape index (κ2) is 5.14. The van der Waals surface area contributed by atoms with Crippen LogP contribution in [0.3, 0.4) is 0 Å². The Hall–Kier alpha value is -2.29. The highest BCUT2D eigenvalue weighted by Gasteiger charge is 2.21. The van der Waals surface area contributed by atoms with Crippen LogP contribution in [0.5, 0.6) is 0 Å². The lowest BCUT2D eigenvalue weighted by atomic mass is 10.0. The summed E-state index contributed by atoms with van der Waals surface area (Å²) in [5, 5.41) is 2.90. The van der Waals surface area contributed by atoms with E-state index in [1.54, 1.807) is 0 Å². The summed E-state index contributed by atoms with van der Waals surface area (Å²) in [4.78, 5) is 13.8. The minimum atomic E-state index is -0.00497. The van der Waals surface area contributed by atoms with E-state index in [1.165, 1.54) is 0 Å². The van der Waals surface area contributed by atoms with Gasteiger partial charge in [-0.05, 0) is 18.1 Å². The van der Waals surface area contributed by atoms with Gasteiger partial charge in [-0.15, -0.1) is 0 Å². The fraction of sp³-hybridized carbons (Fsp3) is 0.188. The Bertz CT molecular complexity index is 580. The fourth-order valence-corrected chi connectivity index (χ4v) is 2.43. The van der Waals surface area contributed by atoms with Gasteiger partial charge in [0.15, 0.2) is 0 Å². The number of benzene rings is 2. The summed E-state index contributed by atoms with van der Waals surface area (Å²) >= 11 is 0. The van der Waals surface area contributed by atoms with Crippen LogP contribution in [0, 0.1) is 0 Å². The molecule has 2 aromatic rings. The Labute approximate surface area is 112 Å². The summed E-state index contributed by atoms with van der Waals surface area (Å²) in [6.45, 7) is 1.54.